The van der Waals surface area contributed by atoms with E-state index in [-0.39, 0.29) is 0 Å². The molecule has 0 aliphatic heterocycles. The average molecular weight is 555 g/mol. The summed E-state index contributed by atoms with van der Waals surface area (Å²) < 4.78 is 0. The molecule has 2 N–H and O–H groups in total. The van der Waals surface area contributed by atoms with Crippen molar-refractivity contribution in [3.8, 4) is 0 Å². The zero-order valence-electron chi connectivity index (χ0n) is 26.9. The third-order valence-electron chi connectivity index (χ3n) is 8.85. The molecule has 236 valence electrons. The second-order valence-electron chi connectivity index (χ2n) is 12.7. The maximum atomic E-state index is 9.48. The van der Waals surface area contributed by atoms with Gasteiger partial charge in [0, 0.05) is 6.61 Å². The Morgan fingerprint density at radius 1 is 0.385 bits per heavy atom. The van der Waals surface area contributed by atoms with Gasteiger partial charge in [-0.25, -0.2) is 4.89 Å². The number of hydrogen-bond donors (Lipinski definition) is 2. The highest BCUT2D eigenvalue weighted by Gasteiger charge is 2.08. The summed E-state index contributed by atoms with van der Waals surface area (Å²) in [6, 6.07) is 0. The highest BCUT2D eigenvalue weighted by molar-refractivity contribution is 4.61. The predicted octanol–water partition coefficient (Wildman–Crippen LogP) is 12.6. The van der Waals surface area contributed by atoms with Gasteiger partial charge in [-0.1, -0.05) is 200 Å². The summed E-state index contributed by atoms with van der Waals surface area (Å²) in [7, 11) is 0. The second kappa shape index (κ2) is 35.9. The monoisotopic (exact) mass is 555 g/mol. The van der Waals surface area contributed by atoms with Gasteiger partial charge in [-0.2, -0.15) is 0 Å². The van der Waals surface area contributed by atoms with E-state index in [0.29, 0.717) is 13.2 Å². The standard InChI is InChI=1S/C36H74O3/c1-2-3-4-5-6-7-8-9-13-16-19-22-25-28-31-36(33-34-37)32-29-26-23-20-17-14-11-10-12-15-18-21-24-27-30-35-39-38/h36-38H,2-35H2,1H3. The van der Waals surface area contributed by atoms with E-state index in [1.54, 1.807) is 0 Å². The molecule has 3 nitrogen and oxygen atoms in total. The molecule has 0 aromatic carbocycles. The lowest BCUT2D eigenvalue weighted by atomic mass is 9.91. The molecule has 1 atom stereocenters. The van der Waals surface area contributed by atoms with Crippen LogP contribution in [0.5, 0.6) is 0 Å². The van der Waals surface area contributed by atoms with Crippen LogP contribution in [0.3, 0.4) is 0 Å². The first-order chi connectivity index (χ1) is 19.3. The molecule has 0 spiro atoms. The van der Waals surface area contributed by atoms with E-state index >= 15 is 0 Å². The minimum Gasteiger partial charge on any atom is -0.396 e. The smallest absolute Gasteiger partial charge is 0.0819 e. The molecule has 3 heteroatoms. The van der Waals surface area contributed by atoms with E-state index in [4.69, 9.17) is 5.26 Å². The predicted molar refractivity (Wildman–Crippen MR) is 173 cm³/mol. The van der Waals surface area contributed by atoms with Crippen LogP contribution in [-0.4, -0.2) is 23.6 Å². The van der Waals surface area contributed by atoms with Crippen molar-refractivity contribution in [2.45, 2.75) is 212 Å². The van der Waals surface area contributed by atoms with Gasteiger partial charge in [0.25, 0.3) is 0 Å². The summed E-state index contributed by atoms with van der Waals surface area (Å²) in [6.07, 6.45) is 44.0. The zero-order valence-corrected chi connectivity index (χ0v) is 26.9. The normalized spacial score (nSPS) is 12.4. The molecule has 0 rings (SSSR count). The summed E-state index contributed by atoms with van der Waals surface area (Å²) in [4.78, 5) is 4.11. The van der Waals surface area contributed by atoms with Crippen molar-refractivity contribution >= 4 is 0 Å². The van der Waals surface area contributed by atoms with Gasteiger partial charge in [0.1, 0.15) is 0 Å². The van der Waals surface area contributed by atoms with E-state index in [9.17, 15) is 5.11 Å². The number of hydrogen-bond acceptors (Lipinski definition) is 3. The first kappa shape index (κ1) is 38.9. The van der Waals surface area contributed by atoms with Gasteiger partial charge < -0.3 is 5.11 Å². The maximum Gasteiger partial charge on any atom is 0.0819 e. The third kappa shape index (κ3) is 34.0. The van der Waals surface area contributed by atoms with Crippen LogP contribution in [0.15, 0.2) is 0 Å². The van der Waals surface area contributed by atoms with Gasteiger partial charge in [0.2, 0.25) is 0 Å². The molecule has 0 fully saturated rings. The van der Waals surface area contributed by atoms with Crippen molar-refractivity contribution in [2.75, 3.05) is 13.2 Å². The minimum absolute atomic E-state index is 0.378. The fourth-order valence-electron chi connectivity index (χ4n) is 6.14. The van der Waals surface area contributed by atoms with Crippen LogP contribution < -0.4 is 0 Å². The molecule has 0 heterocycles. The van der Waals surface area contributed by atoms with Crippen molar-refractivity contribution in [3.05, 3.63) is 0 Å². The largest absolute Gasteiger partial charge is 0.396 e. The Balaban J connectivity index is 3.35. The molecule has 0 saturated heterocycles. The van der Waals surface area contributed by atoms with E-state index in [1.807, 2.05) is 0 Å². The van der Waals surface area contributed by atoms with Gasteiger partial charge in [-0.15, -0.1) is 0 Å². The minimum atomic E-state index is 0.378. The number of rotatable bonds is 35. The molecular formula is C36H74O3. The lowest BCUT2D eigenvalue weighted by Gasteiger charge is -2.15. The van der Waals surface area contributed by atoms with Gasteiger partial charge in [-0.05, 0) is 18.8 Å². The van der Waals surface area contributed by atoms with Crippen molar-refractivity contribution in [2.24, 2.45) is 5.92 Å². The molecule has 39 heavy (non-hydrogen) atoms. The van der Waals surface area contributed by atoms with E-state index < -0.39 is 0 Å². The Morgan fingerprint density at radius 3 is 0.949 bits per heavy atom. The maximum absolute atomic E-state index is 9.48. The summed E-state index contributed by atoms with van der Waals surface area (Å²) >= 11 is 0. The van der Waals surface area contributed by atoms with Crippen LogP contribution in [0.1, 0.15) is 212 Å². The van der Waals surface area contributed by atoms with Crippen molar-refractivity contribution in [1.29, 1.82) is 0 Å². The first-order valence-electron chi connectivity index (χ1n) is 18.2. The van der Waals surface area contributed by atoms with Gasteiger partial charge >= 0.3 is 0 Å². The molecule has 0 aromatic heterocycles. The Kier molecular flexibility index (Phi) is 35.8. The van der Waals surface area contributed by atoms with Crippen LogP contribution in [0.4, 0.5) is 0 Å². The molecule has 0 amide bonds. The van der Waals surface area contributed by atoms with Crippen LogP contribution >= 0.6 is 0 Å². The SMILES string of the molecule is CCCCCCCCCCCCCCCCC(CCO)CCCCCCCCCCCCCCCCCOO. The number of aliphatic hydroxyl groups is 1. The van der Waals surface area contributed by atoms with Crippen LogP contribution in [0, 0.1) is 5.92 Å². The lowest BCUT2D eigenvalue weighted by Crippen LogP contribution is -2.03. The number of unbranched alkanes of at least 4 members (excludes halogenated alkanes) is 27. The lowest BCUT2D eigenvalue weighted by molar-refractivity contribution is -0.242. The van der Waals surface area contributed by atoms with Crippen molar-refractivity contribution in [1.82, 2.24) is 0 Å². The Hall–Kier alpha value is -0.120. The Labute approximate surface area is 246 Å². The molecule has 0 radical (unpaired) electrons. The van der Waals surface area contributed by atoms with Gasteiger partial charge in [0.05, 0.1) is 6.61 Å². The molecule has 1 unspecified atom stereocenters. The molecule has 0 saturated carbocycles. The van der Waals surface area contributed by atoms with Crippen LogP contribution in [0.25, 0.3) is 0 Å². The fourth-order valence-corrected chi connectivity index (χ4v) is 6.14. The average Bonchev–Trinajstić information content (AvgIpc) is 2.94. The molecular weight excluding hydrogens is 480 g/mol. The first-order valence-corrected chi connectivity index (χ1v) is 18.2. The fraction of sp³-hybridized carbons (Fsp3) is 1.00. The number of aliphatic hydroxyl groups excluding tert-OH is 1. The van der Waals surface area contributed by atoms with Crippen LogP contribution in [0.2, 0.25) is 0 Å². The van der Waals surface area contributed by atoms with E-state index in [2.05, 4.69) is 11.8 Å². The summed E-state index contributed by atoms with van der Waals surface area (Å²) in [5.41, 5.74) is 0. The topological polar surface area (TPSA) is 49.7 Å². The van der Waals surface area contributed by atoms with Crippen LogP contribution in [-0.2, 0) is 4.89 Å². The highest BCUT2D eigenvalue weighted by atomic mass is 17.1. The quantitative estimate of drug-likeness (QED) is 0.0465. The van der Waals surface area contributed by atoms with E-state index in [1.165, 1.54) is 193 Å². The Morgan fingerprint density at radius 2 is 0.667 bits per heavy atom. The third-order valence-corrected chi connectivity index (χ3v) is 8.85. The molecule has 0 aliphatic carbocycles. The Bertz CT molecular complexity index is 414. The highest BCUT2D eigenvalue weighted by Crippen LogP contribution is 2.22. The summed E-state index contributed by atoms with van der Waals surface area (Å²) in [5.74, 6) is 0.766. The van der Waals surface area contributed by atoms with Gasteiger partial charge in [0.15, 0.2) is 0 Å². The van der Waals surface area contributed by atoms with Crippen molar-refractivity contribution in [3.63, 3.8) is 0 Å². The van der Waals surface area contributed by atoms with E-state index in [0.717, 1.165) is 18.8 Å². The molecule has 0 aliphatic rings. The zero-order chi connectivity index (χ0) is 28.3. The summed E-state index contributed by atoms with van der Waals surface area (Å²) in [5, 5.41) is 17.8. The molecule has 0 aromatic rings. The van der Waals surface area contributed by atoms with Gasteiger partial charge in [-0.3, -0.25) is 5.26 Å². The second-order valence-corrected chi connectivity index (χ2v) is 12.7. The van der Waals surface area contributed by atoms with Crippen molar-refractivity contribution < 1.29 is 15.3 Å². The molecule has 0 bridgehead atoms. The summed E-state index contributed by atoms with van der Waals surface area (Å²) in [6.45, 7) is 3.17.